The third-order valence-electron chi connectivity index (χ3n) is 4.23. The average Bonchev–Trinajstić information content (AvgIpc) is 2.64. The Balaban J connectivity index is 1.62. The van der Waals surface area contributed by atoms with E-state index in [4.69, 9.17) is 9.47 Å². The van der Waals surface area contributed by atoms with Crippen LogP contribution in [-0.2, 0) is 9.53 Å². The second-order valence-corrected chi connectivity index (χ2v) is 6.16. The summed E-state index contributed by atoms with van der Waals surface area (Å²) in [5.74, 6) is 0.864. The van der Waals surface area contributed by atoms with Gasteiger partial charge < -0.3 is 25.0 Å². The first-order chi connectivity index (χ1) is 12.6. The van der Waals surface area contributed by atoms with Gasteiger partial charge in [0.15, 0.2) is 0 Å². The number of amides is 2. The smallest absolute Gasteiger partial charge is 0.409 e. The molecule has 0 aromatic heterocycles. The maximum Gasteiger partial charge on any atom is 0.409 e. The molecule has 1 aromatic rings. The van der Waals surface area contributed by atoms with Crippen LogP contribution in [-0.4, -0.2) is 55.8 Å². The quantitative estimate of drug-likeness (QED) is 0.742. The van der Waals surface area contributed by atoms with Gasteiger partial charge in [-0.25, -0.2) is 4.79 Å². The van der Waals surface area contributed by atoms with E-state index in [-0.39, 0.29) is 18.0 Å². The number of hydrogen-bond acceptors (Lipinski definition) is 5. The van der Waals surface area contributed by atoms with E-state index in [9.17, 15) is 9.59 Å². The molecule has 1 aromatic carbocycles. The van der Waals surface area contributed by atoms with Crippen LogP contribution in [0.25, 0.3) is 0 Å². The highest BCUT2D eigenvalue weighted by molar-refractivity contribution is 5.77. The van der Waals surface area contributed by atoms with Gasteiger partial charge in [0.05, 0.1) is 13.2 Å². The van der Waals surface area contributed by atoms with Gasteiger partial charge in [-0.15, -0.1) is 0 Å². The lowest BCUT2D eigenvalue weighted by Gasteiger charge is -2.31. The number of piperidine rings is 1. The topological polar surface area (TPSA) is 79.9 Å². The maximum absolute atomic E-state index is 12.1. The fourth-order valence-corrected chi connectivity index (χ4v) is 2.88. The number of benzene rings is 1. The van der Waals surface area contributed by atoms with E-state index in [2.05, 4.69) is 10.6 Å². The molecule has 2 rings (SSSR count). The van der Waals surface area contributed by atoms with Crippen LogP contribution in [0.5, 0.6) is 5.75 Å². The molecule has 0 radical (unpaired) electrons. The first kappa shape index (κ1) is 19.9. The highest BCUT2D eigenvalue weighted by Crippen LogP contribution is 2.15. The summed E-state index contributed by atoms with van der Waals surface area (Å²) in [5.41, 5.74) is 0.962. The Kier molecular flexibility index (Phi) is 8.05. The Morgan fingerprint density at radius 3 is 2.42 bits per heavy atom. The van der Waals surface area contributed by atoms with Crippen LogP contribution in [0.15, 0.2) is 24.3 Å². The summed E-state index contributed by atoms with van der Waals surface area (Å²) in [5, 5.41) is 6.28. The third-order valence-corrected chi connectivity index (χ3v) is 4.23. The Labute approximate surface area is 155 Å². The summed E-state index contributed by atoms with van der Waals surface area (Å²) in [6.07, 6.45) is 1.66. The summed E-state index contributed by atoms with van der Waals surface area (Å²) in [7, 11) is 0. The number of nitrogens with one attached hydrogen (secondary N) is 2. The van der Waals surface area contributed by atoms with Gasteiger partial charge in [-0.3, -0.25) is 4.79 Å². The first-order valence-electron chi connectivity index (χ1n) is 9.30. The van der Waals surface area contributed by atoms with E-state index >= 15 is 0 Å². The van der Waals surface area contributed by atoms with Crippen molar-refractivity contribution >= 4 is 17.7 Å². The standard InChI is InChI=1S/C19H29N3O4/c1-3-25-17-7-5-15(6-8-17)20-12-9-18(23)21-16-10-13-22(14-11-16)19(24)26-4-2/h5-8,16,20H,3-4,9-14H2,1-2H3,(H,21,23). The molecule has 0 saturated carbocycles. The molecule has 2 amide bonds. The predicted octanol–water partition coefficient (Wildman–Crippen LogP) is 2.62. The Morgan fingerprint density at radius 1 is 1.12 bits per heavy atom. The van der Waals surface area contributed by atoms with Crippen LogP contribution >= 0.6 is 0 Å². The number of nitrogens with zero attached hydrogens (tertiary/aromatic N) is 1. The number of hydrogen-bond donors (Lipinski definition) is 2. The normalized spacial score (nSPS) is 14.6. The fourth-order valence-electron chi connectivity index (χ4n) is 2.88. The Hall–Kier alpha value is -2.44. The average molecular weight is 363 g/mol. The SMILES string of the molecule is CCOC(=O)N1CCC(NC(=O)CCNc2ccc(OCC)cc2)CC1. The molecule has 7 heteroatoms. The van der Waals surface area contributed by atoms with Crippen LogP contribution in [0.2, 0.25) is 0 Å². The number of ether oxygens (including phenoxy) is 2. The van der Waals surface area contributed by atoms with Gasteiger partial charge in [0.2, 0.25) is 5.91 Å². The van der Waals surface area contributed by atoms with E-state index in [1.54, 1.807) is 11.8 Å². The Morgan fingerprint density at radius 2 is 1.81 bits per heavy atom. The summed E-state index contributed by atoms with van der Waals surface area (Å²) >= 11 is 0. The molecule has 1 aliphatic heterocycles. The van der Waals surface area contributed by atoms with Crippen molar-refractivity contribution in [2.75, 3.05) is 38.2 Å². The summed E-state index contributed by atoms with van der Waals surface area (Å²) in [6, 6.07) is 7.81. The van der Waals surface area contributed by atoms with E-state index in [1.165, 1.54) is 0 Å². The molecular formula is C19H29N3O4. The second-order valence-electron chi connectivity index (χ2n) is 6.16. The molecule has 0 unspecified atom stereocenters. The fraction of sp³-hybridized carbons (Fsp3) is 0.579. The van der Waals surface area contributed by atoms with E-state index in [0.29, 0.717) is 39.3 Å². The second kappa shape index (κ2) is 10.5. The number of carbonyl (C=O) groups excluding carboxylic acids is 2. The number of rotatable bonds is 8. The minimum absolute atomic E-state index is 0.0259. The zero-order valence-electron chi connectivity index (χ0n) is 15.6. The first-order valence-corrected chi connectivity index (χ1v) is 9.30. The lowest BCUT2D eigenvalue weighted by Crippen LogP contribution is -2.46. The van der Waals surface area contributed by atoms with Crippen molar-refractivity contribution in [3.8, 4) is 5.75 Å². The molecular weight excluding hydrogens is 334 g/mol. The molecule has 0 bridgehead atoms. The molecule has 1 aliphatic rings. The van der Waals surface area contributed by atoms with E-state index in [1.807, 2.05) is 31.2 Å². The van der Waals surface area contributed by atoms with Crippen molar-refractivity contribution < 1.29 is 19.1 Å². The summed E-state index contributed by atoms with van der Waals surface area (Å²) in [6.45, 7) is 6.59. The van der Waals surface area contributed by atoms with Crippen LogP contribution in [0, 0.1) is 0 Å². The minimum atomic E-state index is -0.267. The van der Waals surface area contributed by atoms with Gasteiger partial charge >= 0.3 is 6.09 Å². The van der Waals surface area contributed by atoms with Crippen molar-refractivity contribution in [3.63, 3.8) is 0 Å². The van der Waals surface area contributed by atoms with E-state index in [0.717, 1.165) is 24.3 Å². The van der Waals surface area contributed by atoms with Gasteiger partial charge in [-0.1, -0.05) is 0 Å². The largest absolute Gasteiger partial charge is 0.494 e. The lowest BCUT2D eigenvalue weighted by atomic mass is 10.1. The highest BCUT2D eigenvalue weighted by atomic mass is 16.6. The van der Waals surface area contributed by atoms with Crippen LogP contribution in [0.3, 0.4) is 0 Å². The van der Waals surface area contributed by atoms with Crippen molar-refractivity contribution in [2.45, 2.75) is 39.2 Å². The maximum atomic E-state index is 12.1. The van der Waals surface area contributed by atoms with Gasteiger partial charge in [0.1, 0.15) is 5.75 Å². The predicted molar refractivity (Wildman–Crippen MR) is 100 cm³/mol. The summed E-state index contributed by atoms with van der Waals surface area (Å²) < 4.78 is 10.4. The third kappa shape index (κ3) is 6.46. The monoisotopic (exact) mass is 363 g/mol. The molecule has 1 heterocycles. The molecule has 1 fully saturated rings. The molecule has 1 saturated heterocycles. The van der Waals surface area contributed by atoms with Crippen molar-refractivity contribution in [1.82, 2.24) is 10.2 Å². The number of likely N-dealkylation sites (tertiary alicyclic amines) is 1. The zero-order valence-corrected chi connectivity index (χ0v) is 15.6. The zero-order chi connectivity index (χ0) is 18.8. The van der Waals surface area contributed by atoms with Crippen LogP contribution in [0.1, 0.15) is 33.1 Å². The van der Waals surface area contributed by atoms with E-state index < -0.39 is 0 Å². The number of anilines is 1. The molecule has 0 spiro atoms. The van der Waals surface area contributed by atoms with Crippen molar-refractivity contribution in [1.29, 1.82) is 0 Å². The molecule has 7 nitrogen and oxygen atoms in total. The summed E-state index contributed by atoms with van der Waals surface area (Å²) in [4.78, 5) is 25.4. The van der Waals surface area contributed by atoms with Gasteiger partial charge in [-0.05, 0) is 51.0 Å². The molecule has 144 valence electrons. The minimum Gasteiger partial charge on any atom is -0.494 e. The van der Waals surface area contributed by atoms with Crippen molar-refractivity contribution in [2.24, 2.45) is 0 Å². The molecule has 2 N–H and O–H groups in total. The number of carbonyl (C=O) groups is 2. The van der Waals surface area contributed by atoms with Gasteiger partial charge in [-0.2, -0.15) is 0 Å². The molecule has 0 aliphatic carbocycles. The lowest BCUT2D eigenvalue weighted by molar-refractivity contribution is -0.121. The highest BCUT2D eigenvalue weighted by Gasteiger charge is 2.24. The molecule has 26 heavy (non-hydrogen) atoms. The molecule has 0 atom stereocenters. The Bertz CT molecular complexity index is 569. The van der Waals surface area contributed by atoms with Gasteiger partial charge in [0, 0.05) is 37.8 Å². The van der Waals surface area contributed by atoms with Crippen LogP contribution in [0.4, 0.5) is 10.5 Å². The van der Waals surface area contributed by atoms with Crippen molar-refractivity contribution in [3.05, 3.63) is 24.3 Å². The van der Waals surface area contributed by atoms with Gasteiger partial charge in [0.25, 0.3) is 0 Å². The van der Waals surface area contributed by atoms with Crippen LogP contribution < -0.4 is 15.4 Å².